The second kappa shape index (κ2) is 2.21. The molecule has 0 amide bonds. The monoisotopic (exact) mass is 123 g/mol. The molecule has 0 saturated heterocycles. The third-order valence-electron chi connectivity index (χ3n) is 0.861. The van der Waals surface area contributed by atoms with Gasteiger partial charge in [0.2, 0.25) is 0 Å². The summed E-state index contributed by atoms with van der Waals surface area (Å²) in [5, 5.41) is 0. The van der Waals surface area contributed by atoms with Gasteiger partial charge in [-0.05, 0) is 0 Å². The van der Waals surface area contributed by atoms with Gasteiger partial charge in [-0.2, -0.15) is 5.84 Å². The van der Waals surface area contributed by atoms with Crippen LogP contribution in [-0.2, 0) is 0 Å². The normalized spacial score (nSPS) is 8.89. The molecule has 1 aromatic rings. The van der Waals surface area contributed by atoms with E-state index in [0.717, 1.165) is 0 Å². The highest BCUT2D eigenvalue weighted by Crippen LogP contribution is 2.02. The average molecular weight is 123 g/mol. The maximum atomic E-state index is 10.3. The fraction of sp³-hybridized carbons (Fsp3) is 0. The summed E-state index contributed by atoms with van der Waals surface area (Å²) in [6, 6.07) is 2.91. The number of pyridine rings is 1. The van der Waals surface area contributed by atoms with E-state index in [4.69, 9.17) is 5.84 Å². The second-order valence-electron chi connectivity index (χ2n) is 1.47. The first-order valence-corrected chi connectivity index (χ1v) is 2.35. The molecule has 4 nitrogen and oxygen atoms in total. The molecule has 0 fully saturated rings. The topological polar surface area (TPSA) is 59.0 Å². The van der Waals surface area contributed by atoms with Gasteiger partial charge in [0.15, 0.2) is 4.87 Å². The number of aromatic nitrogens is 1. The molecule has 1 aromatic heterocycles. The highest BCUT2D eigenvalue weighted by Gasteiger charge is 2.04. The summed E-state index contributed by atoms with van der Waals surface area (Å²) in [5.74, 6) is 4.84. The molecule has 0 bridgehead atoms. The number of nitrogens with two attached hydrogens (primary N) is 1. The van der Waals surface area contributed by atoms with Crippen molar-refractivity contribution in [1.82, 2.24) is 4.98 Å². The first-order valence-electron chi connectivity index (χ1n) is 2.35. The minimum atomic E-state index is 0.262. The third kappa shape index (κ3) is 1.22. The van der Waals surface area contributed by atoms with E-state index in [2.05, 4.69) is 11.2 Å². The van der Waals surface area contributed by atoms with E-state index in [1.165, 1.54) is 18.3 Å². The Bertz CT molecular complexity index is 209. The van der Waals surface area contributed by atoms with Crippen molar-refractivity contribution in [2.75, 3.05) is 0 Å². The largest absolute Gasteiger partial charge is 0.295 e. The Morgan fingerprint density at radius 3 is 2.89 bits per heavy atom. The summed E-state index contributed by atoms with van der Waals surface area (Å²) in [6.07, 6.45) is 3.92. The number of hydrazine groups is 1. The molecule has 2 N–H and O–H groups in total. The van der Waals surface area contributed by atoms with E-state index in [1.54, 1.807) is 0 Å². The molecule has 0 spiro atoms. The smallest absolute Gasteiger partial charge is 0.254 e. The fourth-order valence-corrected chi connectivity index (χ4v) is 0.445. The summed E-state index contributed by atoms with van der Waals surface area (Å²) in [5.41, 5.74) is 0.352. The molecule has 4 heteroatoms. The highest BCUT2D eigenvalue weighted by atomic mass is 16.3. The Morgan fingerprint density at radius 1 is 1.78 bits per heavy atom. The average Bonchev–Trinajstić information content (AvgIpc) is 1.90. The lowest BCUT2D eigenvalue weighted by Gasteiger charge is -1.79. The van der Waals surface area contributed by atoms with Gasteiger partial charge in [0.05, 0.1) is 11.1 Å². The lowest BCUT2D eigenvalue weighted by Crippen LogP contribution is -2.08. The Balaban J connectivity index is 2.98. The van der Waals surface area contributed by atoms with Crippen LogP contribution in [0.2, 0.25) is 0 Å². The molecular weight excluding hydrogens is 118 g/mol. The van der Waals surface area contributed by atoms with Gasteiger partial charge in [0, 0.05) is 18.3 Å². The molecule has 0 aliphatic rings. The Labute approximate surface area is 51.9 Å². The standard InChI is InChI=1S/C5H5N3O/c6-8(9)5-1-3-7-4-2-5/h1-3H,(H2,6,9)/q+1. The molecular formula is C5H5N3O+. The predicted octanol–water partition coefficient (Wildman–Crippen LogP) is 0.166. The molecule has 0 saturated carbocycles. The van der Waals surface area contributed by atoms with Crippen molar-refractivity contribution in [3.05, 3.63) is 29.4 Å². The van der Waals surface area contributed by atoms with Gasteiger partial charge in [-0.3, -0.25) is 4.98 Å². The molecule has 9 heavy (non-hydrogen) atoms. The summed E-state index contributed by atoms with van der Waals surface area (Å²) < 4.78 is 0. The second-order valence-corrected chi connectivity index (χ2v) is 1.47. The van der Waals surface area contributed by atoms with E-state index < -0.39 is 0 Å². The molecule has 1 rings (SSSR count). The maximum absolute atomic E-state index is 10.3. The maximum Gasteiger partial charge on any atom is 0.295 e. The van der Waals surface area contributed by atoms with E-state index >= 15 is 0 Å². The van der Waals surface area contributed by atoms with E-state index in [-0.39, 0.29) is 4.87 Å². The molecule has 45 valence electrons. The van der Waals surface area contributed by atoms with Crippen molar-refractivity contribution >= 4 is 5.69 Å². The highest BCUT2D eigenvalue weighted by molar-refractivity contribution is 5.23. The van der Waals surface area contributed by atoms with Gasteiger partial charge < -0.3 is 0 Å². The van der Waals surface area contributed by atoms with Crippen LogP contribution < -0.4 is 5.84 Å². The third-order valence-corrected chi connectivity index (χ3v) is 0.861. The predicted molar refractivity (Wildman–Crippen MR) is 30.5 cm³/mol. The van der Waals surface area contributed by atoms with Crippen molar-refractivity contribution in [1.29, 1.82) is 0 Å². The molecule has 0 atom stereocenters. The minimum Gasteiger partial charge on any atom is -0.254 e. The van der Waals surface area contributed by atoms with E-state index in [9.17, 15) is 4.91 Å². The van der Waals surface area contributed by atoms with Crippen molar-refractivity contribution < 1.29 is 4.87 Å². The van der Waals surface area contributed by atoms with Gasteiger partial charge in [-0.15, -0.1) is 0 Å². The first kappa shape index (κ1) is 5.68. The van der Waals surface area contributed by atoms with Crippen molar-refractivity contribution in [2.24, 2.45) is 5.84 Å². The van der Waals surface area contributed by atoms with Gasteiger partial charge in [0.1, 0.15) is 0 Å². The van der Waals surface area contributed by atoms with Gasteiger partial charge in [-0.1, -0.05) is 0 Å². The Hall–Kier alpha value is -1.45. The Morgan fingerprint density at radius 2 is 2.56 bits per heavy atom. The van der Waals surface area contributed by atoms with Crippen molar-refractivity contribution in [2.45, 2.75) is 0 Å². The molecule has 1 heterocycles. The summed E-state index contributed by atoms with van der Waals surface area (Å²) in [7, 11) is 0. The Kier molecular flexibility index (Phi) is 1.40. The van der Waals surface area contributed by atoms with Crippen LogP contribution in [0.5, 0.6) is 0 Å². The van der Waals surface area contributed by atoms with Crippen LogP contribution in [0.25, 0.3) is 0 Å². The van der Waals surface area contributed by atoms with Crippen LogP contribution >= 0.6 is 0 Å². The van der Waals surface area contributed by atoms with Crippen LogP contribution in [0.4, 0.5) is 5.69 Å². The zero-order chi connectivity index (χ0) is 6.69. The number of nitrogens with zero attached hydrogens (tertiary/aromatic N) is 2. The zero-order valence-electron chi connectivity index (χ0n) is 4.61. The lowest BCUT2D eigenvalue weighted by molar-refractivity contribution is -0.474. The number of hydrogen-bond donors (Lipinski definition) is 1. The van der Waals surface area contributed by atoms with Crippen LogP contribution in [-0.4, -0.2) is 9.85 Å². The van der Waals surface area contributed by atoms with E-state index in [1.807, 2.05) is 0 Å². The summed E-state index contributed by atoms with van der Waals surface area (Å²) in [4.78, 5) is 14.1. The van der Waals surface area contributed by atoms with Gasteiger partial charge in [0.25, 0.3) is 5.69 Å². The first-order chi connectivity index (χ1) is 4.30. The number of nitroso groups, excluding NO2 is 1. The zero-order valence-corrected chi connectivity index (χ0v) is 4.61. The van der Waals surface area contributed by atoms with Gasteiger partial charge in [-0.25, -0.2) is 0 Å². The molecule has 0 aromatic carbocycles. The summed E-state index contributed by atoms with van der Waals surface area (Å²) in [6.45, 7) is 0. The fourth-order valence-electron chi connectivity index (χ4n) is 0.445. The molecule has 0 aliphatic heterocycles. The lowest BCUT2D eigenvalue weighted by atomic mass is 10.4. The van der Waals surface area contributed by atoms with Crippen LogP contribution in [0.1, 0.15) is 0 Å². The van der Waals surface area contributed by atoms with Gasteiger partial charge >= 0.3 is 0 Å². The molecule has 0 aliphatic carbocycles. The van der Waals surface area contributed by atoms with Crippen molar-refractivity contribution in [3.63, 3.8) is 0 Å². The number of hydrogen-bond acceptors (Lipinski definition) is 2. The van der Waals surface area contributed by atoms with Crippen LogP contribution in [0, 0.1) is 11.1 Å². The SMILES string of the molecule is N[N+](=O)c1c[c]ncc1. The minimum absolute atomic E-state index is 0.262. The molecule has 1 radical (unpaired) electrons. The van der Waals surface area contributed by atoms with Crippen LogP contribution in [0.3, 0.4) is 0 Å². The van der Waals surface area contributed by atoms with Crippen molar-refractivity contribution in [3.8, 4) is 0 Å². The van der Waals surface area contributed by atoms with Crippen LogP contribution in [0.15, 0.2) is 18.3 Å². The molecule has 0 unspecified atom stereocenters. The quantitative estimate of drug-likeness (QED) is 0.329. The number of rotatable bonds is 1. The summed E-state index contributed by atoms with van der Waals surface area (Å²) >= 11 is 0. The van der Waals surface area contributed by atoms with E-state index in [0.29, 0.717) is 5.69 Å².